The van der Waals surface area contributed by atoms with E-state index in [2.05, 4.69) is 9.97 Å². The van der Waals surface area contributed by atoms with Crippen LogP contribution in [0.2, 0.25) is 0 Å². The van der Waals surface area contributed by atoms with E-state index in [1.807, 2.05) is 22.8 Å². The Kier molecular flexibility index (Phi) is 3.14. The topological polar surface area (TPSA) is 80.0 Å². The highest BCUT2D eigenvalue weighted by atomic mass is 16.5. The molecule has 0 saturated heterocycles. The van der Waals surface area contributed by atoms with Gasteiger partial charge in [-0.15, -0.1) is 0 Å². The third kappa shape index (κ3) is 2.24. The minimum absolute atomic E-state index is 0.378. The first-order chi connectivity index (χ1) is 9.78. The predicted molar refractivity (Wildman–Crippen MR) is 72.3 cm³/mol. The third-order valence-electron chi connectivity index (χ3n) is 3.04. The summed E-state index contributed by atoms with van der Waals surface area (Å²) in [5.74, 6) is -0.544. The van der Waals surface area contributed by atoms with E-state index in [1.165, 1.54) is 0 Å². The summed E-state index contributed by atoms with van der Waals surface area (Å²) in [6, 6.07) is 10.8. The molecule has 2 aromatic heterocycles. The van der Waals surface area contributed by atoms with Gasteiger partial charge < -0.3 is 4.57 Å². The molecular formula is C14H12N4O2. The lowest BCUT2D eigenvalue weighted by atomic mass is 10.2. The number of rotatable bonds is 3. The maximum absolute atomic E-state index is 11.4. The Balaban J connectivity index is 2.01. The van der Waals surface area contributed by atoms with Crippen molar-refractivity contribution < 1.29 is 10.0 Å². The van der Waals surface area contributed by atoms with Crippen LogP contribution in [0.3, 0.4) is 0 Å². The Morgan fingerprint density at radius 2 is 2.15 bits per heavy atom. The fraction of sp³-hybridized carbons (Fsp3) is 0.0714. The molecule has 3 rings (SSSR count). The summed E-state index contributed by atoms with van der Waals surface area (Å²) in [6.45, 7) is 0.571. The van der Waals surface area contributed by atoms with Gasteiger partial charge in [0.15, 0.2) is 0 Å². The monoisotopic (exact) mass is 268 g/mol. The van der Waals surface area contributed by atoms with Crippen LogP contribution in [0.4, 0.5) is 0 Å². The third-order valence-corrected chi connectivity index (χ3v) is 3.04. The first-order valence-corrected chi connectivity index (χ1v) is 6.07. The van der Waals surface area contributed by atoms with Crippen LogP contribution in [0.25, 0.3) is 11.0 Å². The molecule has 1 aromatic carbocycles. The van der Waals surface area contributed by atoms with Crippen molar-refractivity contribution in [3.63, 3.8) is 0 Å². The molecule has 2 heterocycles. The second-order valence-electron chi connectivity index (χ2n) is 4.34. The summed E-state index contributed by atoms with van der Waals surface area (Å²) in [7, 11) is 0. The van der Waals surface area contributed by atoms with Crippen LogP contribution in [0.1, 0.15) is 16.1 Å². The van der Waals surface area contributed by atoms with Crippen molar-refractivity contribution in [3.05, 3.63) is 60.2 Å². The van der Waals surface area contributed by atoms with E-state index in [4.69, 9.17) is 5.21 Å². The summed E-state index contributed by atoms with van der Waals surface area (Å²) in [6.07, 6.45) is 3.44. The highest BCUT2D eigenvalue weighted by Gasteiger charge is 2.09. The highest BCUT2D eigenvalue weighted by molar-refractivity contribution is 5.96. The van der Waals surface area contributed by atoms with E-state index in [-0.39, 0.29) is 0 Å². The molecule has 1 amide bonds. The lowest BCUT2D eigenvalue weighted by molar-refractivity contribution is 0.0706. The molecule has 0 spiro atoms. The average molecular weight is 268 g/mol. The number of hydrogen-bond donors (Lipinski definition) is 2. The number of carbonyl (C=O) groups is 1. The fourth-order valence-electron chi connectivity index (χ4n) is 2.05. The van der Waals surface area contributed by atoms with E-state index in [0.29, 0.717) is 12.1 Å². The zero-order valence-corrected chi connectivity index (χ0v) is 10.5. The number of benzene rings is 1. The molecular weight excluding hydrogens is 256 g/mol. The molecule has 0 saturated carbocycles. The molecule has 0 aliphatic rings. The molecule has 20 heavy (non-hydrogen) atoms. The van der Waals surface area contributed by atoms with Crippen molar-refractivity contribution in [3.8, 4) is 0 Å². The summed E-state index contributed by atoms with van der Waals surface area (Å²) in [5.41, 5.74) is 4.51. The quantitative estimate of drug-likeness (QED) is 0.558. The summed E-state index contributed by atoms with van der Waals surface area (Å²) >= 11 is 0. The highest BCUT2D eigenvalue weighted by Crippen LogP contribution is 2.16. The zero-order chi connectivity index (χ0) is 13.9. The molecule has 0 atom stereocenters. The molecule has 6 nitrogen and oxygen atoms in total. The van der Waals surface area contributed by atoms with Crippen LogP contribution < -0.4 is 5.48 Å². The second-order valence-corrected chi connectivity index (χ2v) is 4.34. The van der Waals surface area contributed by atoms with Gasteiger partial charge in [0.2, 0.25) is 0 Å². The van der Waals surface area contributed by atoms with Gasteiger partial charge >= 0.3 is 0 Å². The van der Waals surface area contributed by atoms with Crippen molar-refractivity contribution in [2.24, 2.45) is 0 Å². The Labute approximate surface area is 114 Å². The van der Waals surface area contributed by atoms with Crippen LogP contribution in [0.5, 0.6) is 0 Å². The number of imidazole rings is 1. The molecule has 0 bridgehead atoms. The van der Waals surface area contributed by atoms with E-state index in [0.717, 1.165) is 16.7 Å². The van der Waals surface area contributed by atoms with Crippen LogP contribution >= 0.6 is 0 Å². The maximum atomic E-state index is 11.4. The maximum Gasteiger partial charge on any atom is 0.274 e. The summed E-state index contributed by atoms with van der Waals surface area (Å²) in [4.78, 5) is 20.0. The van der Waals surface area contributed by atoms with Crippen molar-refractivity contribution >= 4 is 16.9 Å². The van der Waals surface area contributed by atoms with E-state index >= 15 is 0 Å². The number of nitrogens with one attached hydrogen (secondary N) is 1. The molecule has 3 aromatic rings. The number of amides is 1. The number of hydroxylamine groups is 1. The number of hydrogen-bond acceptors (Lipinski definition) is 4. The van der Waals surface area contributed by atoms with Gasteiger partial charge in [-0.05, 0) is 30.3 Å². The fourth-order valence-corrected chi connectivity index (χ4v) is 2.05. The SMILES string of the molecule is O=C(NO)c1ccc2ncn(Cc3ccccn3)c2c1. The molecule has 6 heteroatoms. The van der Waals surface area contributed by atoms with Crippen molar-refractivity contribution in [1.29, 1.82) is 0 Å². The molecule has 2 N–H and O–H groups in total. The average Bonchev–Trinajstić information content (AvgIpc) is 2.90. The minimum atomic E-state index is -0.544. The van der Waals surface area contributed by atoms with E-state index in [1.54, 1.807) is 36.2 Å². The second kappa shape index (κ2) is 5.10. The van der Waals surface area contributed by atoms with Crippen molar-refractivity contribution in [2.75, 3.05) is 0 Å². The first kappa shape index (κ1) is 12.3. The zero-order valence-electron chi connectivity index (χ0n) is 10.5. The van der Waals surface area contributed by atoms with Gasteiger partial charge in [0.25, 0.3) is 5.91 Å². The van der Waals surface area contributed by atoms with E-state index in [9.17, 15) is 4.79 Å². The molecule has 0 fully saturated rings. The van der Waals surface area contributed by atoms with Gasteiger partial charge in [0.1, 0.15) is 0 Å². The van der Waals surface area contributed by atoms with Crippen LogP contribution in [0.15, 0.2) is 48.9 Å². The van der Waals surface area contributed by atoms with Crippen LogP contribution in [-0.2, 0) is 6.54 Å². The van der Waals surface area contributed by atoms with Gasteiger partial charge in [0, 0.05) is 11.8 Å². The van der Waals surface area contributed by atoms with E-state index < -0.39 is 5.91 Å². The van der Waals surface area contributed by atoms with Gasteiger partial charge in [-0.2, -0.15) is 0 Å². The number of pyridine rings is 1. The lowest BCUT2D eigenvalue weighted by Gasteiger charge is -2.05. The molecule has 0 aliphatic heterocycles. The minimum Gasteiger partial charge on any atom is -0.324 e. The number of nitrogens with zero attached hydrogens (tertiary/aromatic N) is 3. The predicted octanol–water partition coefficient (Wildman–Crippen LogP) is 1.60. The Hall–Kier alpha value is -2.73. The Bertz CT molecular complexity index is 752. The Morgan fingerprint density at radius 1 is 1.25 bits per heavy atom. The van der Waals surface area contributed by atoms with Crippen molar-refractivity contribution in [1.82, 2.24) is 20.0 Å². The number of aromatic nitrogens is 3. The number of carbonyl (C=O) groups excluding carboxylic acids is 1. The molecule has 0 radical (unpaired) electrons. The summed E-state index contributed by atoms with van der Waals surface area (Å²) < 4.78 is 1.91. The smallest absolute Gasteiger partial charge is 0.274 e. The molecule has 100 valence electrons. The standard InChI is InChI=1S/C14H12N4O2/c19-14(17-20)10-4-5-12-13(7-10)18(9-16-12)8-11-3-1-2-6-15-11/h1-7,9,20H,8H2,(H,17,19). The summed E-state index contributed by atoms with van der Waals surface area (Å²) in [5, 5.41) is 8.68. The van der Waals surface area contributed by atoms with Gasteiger partial charge in [-0.3, -0.25) is 15.0 Å². The largest absolute Gasteiger partial charge is 0.324 e. The van der Waals surface area contributed by atoms with Crippen molar-refractivity contribution in [2.45, 2.75) is 6.54 Å². The van der Waals surface area contributed by atoms with Gasteiger partial charge in [0.05, 0.1) is 29.6 Å². The molecule has 0 unspecified atom stereocenters. The molecule has 0 aliphatic carbocycles. The lowest BCUT2D eigenvalue weighted by Crippen LogP contribution is -2.18. The van der Waals surface area contributed by atoms with Gasteiger partial charge in [-0.1, -0.05) is 6.07 Å². The van der Waals surface area contributed by atoms with Crippen LogP contribution in [0, 0.1) is 0 Å². The van der Waals surface area contributed by atoms with Gasteiger partial charge in [-0.25, -0.2) is 10.5 Å². The Morgan fingerprint density at radius 3 is 2.90 bits per heavy atom. The first-order valence-electron chi connectivity index (χ1n) is 6.07. The number of fused-ring (bicyclic) bond motifs is 1. The normalized spacial score (nSPS) is 10.7. The van der Waals surface area contributed by atoms with Crippen LogP contribution in [-0.4, -0.2) is 25.6 Å².